The predicted octanol–water partition coefficient (Wildman–Crippen LogP) is 5.72. The van der Waals surface area contributed by atoms with Crippen LogP contribution in [-0.2, 0) is 15.6 Å². The lowest BCUT2D eigenvalue weighted by atomic mass is 9.64. The number of esters is 1. The van der Waals surface area contributed by atoms with E-state index in [1.54, 1.807) is 0 Å². The van der Waals surface area contributed by atoms with Crippen molar-refractivity contribution in [1.82, 2.24) is 9.97 Å². The Morgan fingerprint density at radius 1 is 0.806 bits per heavy atom. The minimum absolute atomic E-state index is 0.221. The summed E-state index contributed by atoms with van der Waals surface area (Å²) >= 11 is 0. The van der Waals surface area contributed by atoms with E-state index in [0.717, 1.165) is 46.0 Å². The average Bonchev–Trinajstić information content (AvgIpc) is 3.08. The first-order valence-corrected chi connectivity index (χ1v) is 10.9. The van der Waals surface area contributed by atoms with Crippen LogP contribution in [0.4, 0.5) is 0 Å². The molecule has 1 fully saturated rings. The van der Waals surface area contributed by atoms with Gasteiger partial charge in [-0.1, -0.05) is 69.3 Å². The van der Waals surface area contributed by atoms with Gasteiger partial charge in [0.1, 0.15) is 11.2 Å². The summed E-state index contributed by atoms with van der Waals surface area (Å²) in [5.74, 6) is 0.380. The first-order chi connectivity index (χ1) is 14.9. The summed E-state index contributed by atoms with van der Waals surface area (Å²) in [6, 6.07) is 21.7. The van der Waals surface area contributed by atoms with Crippen LogP contribution in [0.1, 0.15) is 45.0 Å². The third kappa shape index (κ3) is 2.12. The Balaban J connectivity index is 1.54. The third-order valence-electron chi connectivity index (χ3n) is 8.24. The smallest absolute Gasteiger partial charge is 0.324 e. The summed E-state index contributed by atoms with van der Waals surface area (Å²) in [6.45, 7) is 6.59. The van der Waals surface area contributed by atoms with Gasteiger partial charge in [0, 0.05) is 10.8 Å². The van der Waals surface area contributed by atoms with Gasteiger partial charge < -0.3 is 4.74 Å². The molecule has 154 valence electrons. The van der Waals surface area contributed by atoms with Crippen LogP contribution in [0.5, 0.6) is 5.75 Å². The minimum atomic E-state index is -0.814. The number of fused-ring (bicyclic) bond motifs is 7. The van der Waals surface area contributed by atoms with Gasteiger partial charge in [-0.05, 0) is 41.8 Å². The molecule has 4 heteroatoms. The molecule has 0 spiro atoms. The second kappa shape index (κ2) is 5.91. The molecule has 2 atom stereocenters. The molecule has 1 saturated carbocycles. The van der Waals surface area contributed by atoms with Crippen LogP contribution in [0, 0.1) is 5.41 Å². The van der Waals surface area contributed by atoms with Crippen LogP contribution in [0.2, 0.25) is 0 Å². The Morgan fingerprint density at radius 2 is 1.45 bits per heavy atom. The number of ether oxygens (including phenoxy) is 1. The maximum absolute atomic E-state index is 14.0. The topological polar surface area (TPSA) is 52.1 Å². The number of carbonyl (C=O) groups is 1. The average molecular weight is 409 g/mol. The molecule has 0 aliphatic heterocycles. The molecule has 2 aliphatic carbocycles. The highest BCUT2D eigenvalue weighted by Crippen LogP contribution is 2.70. The molecule has 6 rings (SSSR count). The zero-order chi connectivity index (χ0) is 21.4. The van der Waals surface area contributed by atoms with Gasteiger partial charge >= 0.3 is 5.97 Å². The van der Waals surface area contributed by atoms with E-state index in [1.807, 2.05) is 66.7 Å². The molecule has 0 radical (unpaired) electrons. The van der Waals surface area contributed by atoms with Crippen LogP contribution in [0.15, 0.2) is 66.7 Å². The summed E-state index contributed by atoms with van der Waals surface area (Å²) in [7, 11) is 0. The number of benzene rings is 3. The van der Waals surface area contributed by atoms with E-state index in [9.17, 15) is 4.79 Å². The Morgan fingerprint density at radius 3 is 2.23 bits per heavy atom. The van der Waals surface area contributed by atoms with Crippen LogP contribution in [-0.4, -0.2) is 15.9 Å². The molecule has 2 unspecified atom stereocenters. The summed E-state index contributed by atoms with van der Waals surface area (Å²) in [4.78, 5) is 24.0. The van der Waals surface area contributed by atoms with Gasteiger partial charge in [-0.15, -0.1) is 0 Å². The van der Waals surface area contributed by atoms with E-state index in [0.29, 0.717) is 5.75 Å². The van der Waals surface area contributed by atoms with Crippen LogP contribution >= 0.6 is 0 Å². The zero-order valence-corrected chi connectivity index (χ0v) is 18.0. The van der Waals surface area contributed by atoms with Gasteiger partial charge in [-0.25, -0.2) is 9.97 Å². The number of carbonyl (C=O) groups excluding carboxylic acids is 1. The highest BCUT2D eigenvalue weighted by Gasteiger charge is 2.74. The number of nitrogens with zero attached hydrogens (tertiary/aromatic N) is 2. The van der Waals surface area contributed by atoms with Gasteiger partial charge in [-0.2, -0.15) is 0 Å². The molecule has 2 bridgehead atoms. The van der Waals surface area contributed by atoms with E-state index >= 15 is 0 Å². The molecule has 1 heterocycles. The van der Waals surface area contributed by atoms with Crippen molar-refractivity contribution in [2.75, 3.05) is 0 Å². The Hall–Kier alpha value is -3.27. The van der Waals surface area contributed by atoms with E-state index in [-0.39, 0.29) is 16.8 Å². The molecular weight excluding hydrogens is 384 g/mol. The SMILES string of the molecule is CC12CCC(C(=O)Oc3cccc4ccccc34)(c3nc4ccccc4nc31)C2(C)C. The lowest BCUT2D eigenvalue weighted by Crippen LogP contribution is -2.48. The van der Waals surface area contributed by atoms with Crippen molar-refractivity contribution in [3.05, 3.63) is 78.1 Å². The largest absolute Gasteiger partial charge is 0.425 e. The fourth-order valence-electron chi connectivity index (χ4n) is 5.97. The van der Waals surface area contributed by atoms with Crippen LogP contribution in [0.3, 0.4) is 0 Å². The number of aromatic nitrogens is 2. The number of hydrogen-bond donors (Lipinski definition) is 0. The molecule has 1 aromatic heterocycles. The molecule has 2 aliphatic rings. The quantitative estimate of drug-likeness (QED) is 0.314. The van der Waals surface area contributed by atoms with Gasteiger partial charge in [0.25, 0.3) is 0 Å². The molecular formula is C27H24N2O2. The minimum Gasteiger partial charge on any atom is -0.425 e. The van der Waals surface area contributed by atoms with Crippen molar-refractivity contribution in [1.29, 1.82) is 0 Å². The normalized spacial score (nSPS) is 25.6. The maximum Gasteiger partial charge on any atom is 0.324 e. The van der Waals surface area contributed by atoms with E-state index in [1.165, 1.54) is 0 Å². The maximum atomic E-state index is 14.0. The van der Waals surface area contributed by atoms with Crippen molar-refractivity contribution in [2.45, 2.75) is 44.4 Å². The second-order valence-electron chi connectivity index (χ2n) is 9.64. The lowest BCUT2D eigenvalue weighted by molar-refractivity contribution is -0.145. The summed E-state index contributed by atoms with van der Waals surface area (Å²) in [5.41, 5.74) is 2.06. The zero-order valence-electron chi connectivity index (χ0n) is 18.0. The Kier molecular flexibility index (Phi) is 3.52. The van der Waals surface area contributed by atoms with Crippen molar-refractivity contribution in [3.63, 3.8) is 0 Å². The van der Waals surface area contributed by atoms with Crippen molar-refractivity contribution >= 4 is 27.8 Å². The van der Waals surface area contributed by atoms with Crippen LogP contribution in [0.25, 0.3) is 21.8 Å². The molecule has 0 saturated heterocycles. The molecule has 4 nitrogen and oxygen atoms in total. The Bertz CT molecular complexity index is 1390. The second-order valence-corrected chi connectivity index (χ2v) is 9.64. The standard InChI is InChI=1S/C27H24N2O2/c1-25(2)26(3)15-16-27(25,23-22(26)28-19-12-6-7-13-20(19)29-23)24(30)31-21-14-8-10-17-9-4-5-11-18(17)21/h4-14H,15-16H2,1-3H3. The van der Waals surface area contributed by atoms with Gasteiger partial charge in [-0.3, -0.25) is 4.79 Å². The van der Waals surface area contributed by atoms with Gasteiger partial charge in [0.2, 0.25) is 0 Å². The van der Waals surface area contributed by atoms with E-state index in [2.05, 4.69) is 20.8 Å². The van der Waals surface area contributed by atoms with Crippen molar-refractivity contribution in [2.24, 2.45) is 5.41 Å². The highest BCUT2D eigenvalue weighted by molar-refractivity contribution is 5.94. The highest BCUT2D eigenvalue weighted by atomic mass is 16.5. The van der Waals surface area contributed by atoms with Crippen molar-refractivity contribution in [3.8, 4) is 5.75 Å². The molecule has 0 amide bonds. The summed E-state index contributed by atoms with van der Waals surface area (Å²) in [6.07, 6.45) is 1.62. The predicted molar refractivity (Wildman–Crippen MR) is 121 cm³/mol. The summed E-state index contributed by atoms with van der Waals surface area (Å²) in [5, 5.41) is 1.99. The van der Waals surface area contributed by atoms with Gasteiger partial charge in [0.05, 0.1) is 22.4 Å². The van der Waals surface area contributed by atoms with E-state index in [4.69, 9.17) is 14.7 Å². The fraction of sp³-hybridized carbons (Fsp3) is 0.296. The molecule has 31 heavy (non-hydrogen) atoms. The summed E-state index contributed by atoms with van der Waals surface area (Å²) < 4.78 is 6.18. The Labute approximate surface area is 181 Å². The van der Waals surface area contributed by atoms with E-state index < -0.39 is 5.41 Å². The molecule has 0 N–H and O–H groups in total. The number of hydrogen-bond acceptors (Lipinski definition) is 4. The van der Waals surface area contributed by atoms with Crippen molar-refractivity contribution < 1.29 is 9.53 Å². The monoisotopic (exact) mass is 408 g/mol. The number of rotatable bonds is 2. The molecule has 4 aromatic rings. The fourth-order valence-corrected chi connectivity index (χ4v) is 5.97. The lowest BCUT2D eigenvalue weighted by Gasteiger charge is -2.38. The third-order valence-corrected chi connectivity index (χ3v) is 8.24. The van der Waals surface area contributed by atoms with Crippen LogP contribution < -0.4 is 4.74 Å². The first kappa shape index (κ1) is 18.5. The first-order valence-electron chi connectivity index (χ1n) is 10.9. The van der Waals surface area contributed by atoms with Gasteiger partial charge in [0.15, 0.2) is 0 Å². The number of para-hydroxylation sites is 2. The molecule has 3 aromatic carbocycles.